The highest BCUT2D eigenvalue weighted by atomic mass is 79.9. The second-order valence-electron chi connectivity index (χ2n) is 6.14. The Hall–Kier alpha value is -2.04. The minimum absolute atomic E-state index is 0. The fourth-order valence-electron chi connectivity index (χ4n) is 3.54. The number of nitrogens with one attached hydrogen (secondary N) is 1. The average molecular weight is 386 g/mol. The van der Waals surface area contributed by atoms with Gasteiger partial charge in [0, 0.05) is 6.04 Å². The maximum Gasteiger partial charge on any atom is 0.158 e. The Balaban J connectivity index is 0.00000169. The van der Waals surface area contributed by atoms with Crippen molar-refractivity contribution in [3.8, 4) is 11.5 Å². The molecule has 3 N–H and O–H groups in total. The van der Waals surface area contributed by atoms with E-state index in [4.69, 9.17) is 0 Å². The molecule has 3 nitrogen and oxygen atoms in total. The predicted molar refractivity (Wildman–Crippen MR) is 102 cm³/mol. The minimum atomic E-state index is -0.0733. The second kappa shape index (κ2) is 6.83. The van der Waals surface area contributed by atoms with Gasteiger partial charge in [0.25, 0.3) is 0 Å². The summed E-state index contributed by atoms with van der Waals surface area (Å²) >= 11 is 0. The Labute approximate surface area is 151 Å². The van der Waals surface area contributed by atoms with E-state index in [9.17, 15) is 10.2 Å². The number of hydrogen-bond donors (Lipinski definition) is 3. The summed E-state index contributed by atoms with van der Waals surface area (Å²) in [6, 6.07) is 18.2. The highest BCUT2D eigenvalue weighted by Crippen LogP contribution is 2.34. The quantitative estimate of drug-likeness (QED) is 0.577. The molecule has 24 heavy (non-hydrogen) atoms. The molecule has 1 heterocycles. The zero-order valence-corrected chi connectivity index (χ0v) is 14.9. The number of fused-ring (bicyclic) bond motifs is 2. The first-order valence-corrected chi connectivity index (χ1v) is 7.97. The van der Waals surface area contributed by atoms with Gasteiger partial charge in [-0.15, -0.1) is 17.0 Å². The molecule has 0 aliphatic carbocycles. The largest absolute Gasteiger partial charge is 0.504 e. The lowest BCUT2D eigenvalue weighted by atomic mass is 9.89. The molecule has 124 valence electrons. The van der Waals surface area contributed by atoms with E-state index in [1.807, 2.05) is 12.1 Å². The molecule has 0 fully saturated rings. The lowest BCUT2D eigenvalue weighted by molar-refractivity contribution is 0.405. The maximum atomic E-state index is 9.84. The molecule has 4 rings (SSSR count). The van der Waals surface area contributed by atoms with Crippen LogP contribution in [0.15, 0.2) is 54.6 Å². The van der Waals surface area contributed by atoms with E-state index in [1.54, 1.807) is 12.1 Å². The van der Waals surface area contributed by atoms with Gasteiger partial charge in [-0.25, -0.2) is 0 Å². The Morgan fingerprint density at radius 2 is 1.75 bits per heavy atom. The smallest absolute Gasteiger partial charge is 0.158 e. The van der Waals surface area contributed by atoms with Crippen LogP contribution < -0.4 is 5.32 Å². The molecule has 0 saturated heterocycles. The number of aromatic hydroxyl groups is 2. The predicted octanol–water partition coefficient (Wildman–Crippen LogP) is 4.26. The van der Waals surface area contributed by atoms with E-state index in [0.29, 0.717) is 0 Å². The lowest BCUT2D eigenvalue weighted by Crippen LogP contribution is -2.31. The monoisotopic (exact) mass is 385 g/mol. The van der Waals surface area contributed by atoms with Crippen molar-refractivity contribution < 1.29 is 10.2 Å². The van der Waals surface area contributed by atoms with E-state index in [0.717, 1.165) is 30.2 Å². The van der Waals surface area contributed by atoms with Crippen molar-refractivity contribution in [3.05, 3.63) is 71.3 Å². The van der Waals surface area contributed by atoms with Gasteiger partial charge in [-0.2, -0.15) is 0 Å². The van der Waals surface area contributed by atoms with Gasteiger partial charge in [-0.05, 0) is 59.0 Å². The number of benzene rings is 3. The number of hydrogen-bond acceptors (Lipinski definition) is 3. The first kappa shape index (κ1) is 16.8. The van der Waals surface area contributed by atoms with Crippen molar-refractivity contribution in [2.24, 2.45) is 0 Å². The van der Waals surface area contributed by atoms with E-state index in [1.165, 1.54) is 16.7 Å². The van der Waals surface area contributed by atoms with Gasteiger partial charge in [-0.3, -0.25) is 0 Å². The van der Waals surface area contributed by atoms with Crippen LogP contribution in [0.25, 0.3) is 10.8 Å². The van der Waals surface area contributed by atoms with Crippen LogP contribution in [-0.2, 0) is 12.8 Å². The summed E-state index contributed by atoms with van der Waals surface area (Å²) in [7, 11) is 0. The first-order chi connectivity index (χ1) is 11.2. The normalized spacial score (nSPS) is 16.4. The van der Waals surface area contributed by atoms with Crippen molar-refractivity contribution in [1.29, 1.82) is 0 Å². The molecule has 0 unspecified atom stereocenters. The van der Waals surface area contributed by atoms with Crippen LogP contribution in [0.2, 0.25) is 0 Å². The third-order valence-electron chi connectivity index (χ3n) is 4.71. The van der Waals surface area contributed by atoms with Gasteiger partial charge in [0.05, 0.1) is 0 Å². The van der Waals surface area contributed by atoms with Crippen molar-refractivity contribution in [2.75, 3.05) is 6.54 Å². The average Bonchev–Trinajstić information content (AvgIpc) is 2.57. The summed E-state index contributed by atoms with van der Waals surface area (Å²) < 4.78 is 0. The van der Waals surface area contributed by atoms with Crippen LogP contribution in [-0.4, -0.2) is 16.8 Å². The van der Waals surface area contributed by atoms with Crippen LogP contribution in [0.1, 0.15) is 22.7 Å². The molecule has 0 amide bonds. The van der Waals surface area contributed by atoms with E-state index < -0.39 is 0 Å². The standard InChI is InChI=1S/C20H19NO2.BrH/c22-19-11-15-6-3-5-14(17(15)12-20(19)23)10-18-16-7-2-1-4-13(16)8-9-21-18;/h1-7,11-12,18,21-23H,8-10H2;1H/t18-;/m1./s1. The Morgan fingerprint density at radius 1 is 0.958 bits per heavy atom. The molecular formula is C20H20BrNO2. The van der Waals surface area contributed by atoms with Gasteiger partial charge in [0.15, 0.2) is 11.5 Å². The fraction of sp³-hybridized carbons (Fsp3) is 0.200. The third-order valence-corrected chi connectivity index (χ3v) is 4.71. The summed E-state index contributed by atoms with van der Waals surface area (Å²) in [5, 5.41) is 25.1. The molecule has 3 aromatic rings. The Kier molecular flexibility index (Phi) is 4.78. The number of rotatable bonds is 2. The first-order valence-electron chi connectivity index (χ1n) is 7.97. The third kappa shape index (κ3) is 2.99. The maximum absolute atomic E-state index is 9.84. The molecule has 1 atom stereocenters. The molecule has 0 radical (unpaired) electrons. The fourth-order valence-corrected chi connectivity index (χ4v) is 3.54. The SMILES string of the molecule is Br.Oc1cc2cccc(C[C@H]3NCCc4ccccc43)c2cc1O. The number of phenolic OH excluding ortho intramolecular Hbond substituents is 2. The van der Waals surface area contributed by atoms with Crippen LogP contribution >= 0.6 is 17.0 Å². The molecule has 0 spiro atoms. The van der Waals surface area contributed by atoms with Crippen molar-refractivity contribution in [2.45, 2.75) is 18.9 Å². The van der Waals surface area contributed by atoms with E-state index in [-0.39, 0.29) is 34.5 Å². The van der Waals surface area contributed by atoms with Crippen LogP contribution in [0, 0.1) is 0 Å². The van der Waals surface area contributed by atoms with Gasteiger partial charge in [0.2, 0.25) is 0 Å². The highest BCUT2D eigenvalue weighted by Gasteiger charge is 2.20. The van der Waals surface area contributed by atoms with Crippen LogP contribution in [0.4, 0.5) is 0 Å². The van der Waals surface area contributed by atoms with Crippen molar-refractivity contribution in [3.63, 3.8) is 0 Å². The molecule has 1 aliphatic rings. The van der Waals surface area contributed by atoms with Gasteiger partial charge < -0.3 is 15.5 Å². The Morgan fingerprint density at radius 3 is 2.62 bits per heavy atom. The van der Waals surface area contributed by atoms with Crippen molar-refractivity contribution in [1.82, 2.24) is 5.32 Å². The summed E-state index contributed by atoms with van der Waals surface area (Å²) in [5.74, 6) is -0.141. The summed E-state index contributed by atoms with van der Waals surface area (Å²) in [6.45, 7) is 0.985. The summed E-state index contributed by atoms with van der Waals surface area (Å²) in [6.07, 6.45) is 1.93. The molecular weight excluding hydrogens is 366 g/mol. The molecule has 0 saturated carbocycles. The summed E-state index contributed by atoms with van der Waals surface area (Å²) in [5.41, 5.74) is 3.95. The number of phenols is 2. The number of halogens is 1. The lowest BCUT2D eigenvalue weighted by Gasteiger charge is -2.27. The van der Waals surface area contributed by atoms with E-state index >= 15 is 0 Å². The highest BCUT2D eigenvalue weighted by molar-refractivity contribution is 8.93. The van der Waals surface area contributed by atoms with Crippen LogP contribution in [0.3, 0.4) is 0 Å². The topological polar surface area (TPSA) is 52.5 Å². The molecule has 0 aromatic heterocycles. The summed E-state index contributed by atoms with van der Waals surface area (Å²) in [4.78, 5) is 0. The molecule has 3 aromatic carbocycles. The molecule has 0 bridgehead atoms. The van der Waals surface area contributed by atoms with Crippen molar-refractivity contribution >= 4 is 27.8 Å². The van der Waals surface area contributed by atoms with E-state index in [2.05, 4.69) is 35.6 Å². The minimum Gasteiger partial charge on any atom is -0.504 e. The molecule has 1 aliphatic heterocycles. The zero-order valence-electron chi connectivity index (χ0n) is 13.2. The van der Waals surface area contributed by atoms with Crippen LogP contribution in [0.5, 0.6) is 11.5 Å². The molecule has 4 heteroatoms. The van der Waals surface area contributed by atoms with Gasteiger partial charge in [-0.1, -0.05) is 42.5 Å². The second-order valence-corrected chi connectivity index (χ2v) is 6.14. The van der Waals surface area contributed by atoms with Gasteiger partial charge in [0.1, 0.15) is 0 Å². The Bertz CT molecular complexity index is 879. The zero-order chi connectivity index (χ0) is 15.8. The van der Waals surface area contributed by atoms with Gasteiger partial charge >= 0.3 is 0 Å².